The van der Waals surface area contributed by atoms with Crippen LogP contribution < -0.4 is 5.32 Å². The molecule has 0 radical (unpaired) electrons. The molecule has 5 nitrogen and oxygen atoms in total. The zero-order chi connectivity index (χ0) is 10.4. The Balaban J connectivity index is 2.11. The molecule has 5 heteroatoms. The van der Waals surface area contributed by atoms with E-state index < -0.39 is 0 Å². The van der Waals surface area contributed by atoms with Crippen molar-refractivity contribution in [2.75, 3.05) is 33.3 Å². The fourth-order valence-electron chi connectivity index (χ4n) is 1.42. The highest BCUT2D eigenvalue weighted by molar-refractivity contribution is 5.79. The molecular weight excluding hydrogens is 184 g/mol. The van der Waals surface area contributed by atoms with Crippen LogP contribution in [-0.4, -0.2) is 50.1 Å². The van der Waals surface area contributed by atoms with Crippen LogP contribution in [0.25, 0.3) is 0 Å². The molecular formula is C9H16N2O3. The maximum absolute atomic E-state index is 11.4. The number of ether oxygens (including phenoxy) is 1. The summed E-state index contributed by atoms with van der Waals surface area (Å²) < 4.78 is 4.43. The molecule has 0 aromatic rings. The van der Waals surface area contributed by atoms with Gasteiger partial charge in [-0.3, -0.25) is 14.9 Å². The van der Waals surface area contributed by atoms with Crippen molar-refractivity contribution in [3.05, 3.63) is 0 Å². The lowest BCUT2D eigenvalue weighted by Gasteiger charge is -2.14. The van der Waals surface area contributed by atoms with Gasteiger partial charge in [-0.25, -0.2) is 0 Å². The summed E-state index contributed by atoms with van der Waals surface area (Å²) >= 11 is 0. The molecule has 1 aliphatic heterocycles. The molecule has 0 spiro atoms. The molecule has 80 valence electrons. The van der Waals surface area contributed by atoms with Crippen molar-refractivity contribution in [2.45, 2.75) is 12.8 Å². The SMILES string of the molecule is COC(=O)CNCC(=O)N1CCCC1. The van der Waals surface area contributed by atoms with Crippen LogP contribution in [-0.2, 0) is 14.3 Å². The topological polar surface area (TPSA) is 58.6 Å². The summed E-state index contributed by atoms with van der Waals surface area (Å²) in [4.78, 5) is 23.9. The monoisotopic (exact) mass is 200 g/mol. The quantitative estimate of drug-likeness (QED) is 0.614. The summed E-state index contributed by atoms with van der Waals surface area (Å²) in [7, 11) is 1.33. The largest absolute Gasteiger partial charge is 0.468 e. The average molecular weight is 200 g/mol. The number of amides is 1. The van der Waals surface area contributed by atoms with Crippen LogP contribution >= 0.6 is 0 Å². The van der Waals surface area contributed by atoms with E-state index >= 15 is 0 Å². The zero-order valence-electron chi connectivity index (χ0n) is 8.41. The second kappa shape index (κ2) is 5.59. The number of nitrogens with zero attached hydrogens (tertiary/aromatic N) is 1. The van der Waals surface area contributed by atoms with Gasteiger partial charge >= 0.3 is 5.97 Å². The minimum absolute atomic E-state index is 0.0615. The van der Waals surface area contributed by atoms with Gasteiger partial charge in [0, 0.05) is 13.1 Å². The van der Waals surface area contributed by atoms with Gasteiger partial charge in [-0.2, -0.15) is 0 Å². The van der Waals surface area contributed by atoms with Crippen molar-refractivity contribution in [1.82, 2.24) is 10.2 Å². The van der Waals surface area contributed by atoms with Gasteiger partial charge in [-0.05, 0) is 12.8 Å². The molecule has 0 saturated carbocycles. The van der Waals surface area contributed by atoms with E-state index in [2.05, 4.69) is 10.1 Å². The Morgan fingerprint density at radius 3 is 2.50 bits per heavy atom. The Hall–Kier alpha value is -1.10. The van der Waals surface area contributed by atoms with E-state index in [1.54, 1.807) is 0 Å². The number of methoxy groups -OCH3 is 1. The van der Waals surface area contributed by atoms with E-state index in [4.69, 9.17) is 0 Å². The van der Waals surface area contributed by atoms with Gasteiger partial charge in [0.25, 0.3) is 0 Å². The summed E-state index contributed by atoms with van der Waals surface area (Å²) in [5, 5.41) is 2.75. The first-order valence-electron chi connectivity index (χ1n) is 4.79. The Bertz CT molecular complexity index is 212. The minimum Gasteiger partial charge on any atom is -0.468 e. The molecule has 0 aliphatic carbocycles. The third-order valence-corrected chi connectivity index (χ3v) is 2.23. The fourth-order valence-corrected chi connectivity index (χ4v) is 1.42. The van der Waals surface area contributed by atoms with Crippen LogP contribution in [0.2, 0.25) is 0 Å². The third-order valence-electron chi connectivity index (χ3n) is 2.23. The van der Waals surface area contributed by atoms with Crippen molar-refractivity contribution < 1.29 is 14.3 Å². The van der Waals surface area contributed by atoms with E-state index in [1.807, 2.05) is 4.90 Å². The molecule has 1 N–H and O–H groups in total. The molecule has 0 aromatic heterocycles. The molecule has 1 aliphatic rings. The van der Waals surface area contributed by atoms with Gasteiger partial charge in [0.05, 0.1) is 20.2 Å². The van der Waals surface area contributed by atoms with Gasteiger partial charge in [0.2, 0.25) is 5.91 Å². The predicted molar refractivity (Wildman–Crippen MR) is 50.7 cm³/mol. The van der Waals surface area contributed by atoms with Crippen molar-refractivity contribution >= 4 is 11.9 Å². The molecule has 1 heterocycles. The van der Waals surface area contributed by atoms with Crippen LogP contribution in [0.4, 0.5) is 0 Å². The van der Waals surface area contributed by atoms with E-state index in [0.717, 1.165) is 25.9 Å². The Morgan fingerprint density at radius 2 is 1.93 bits per heavy atom. The second-order valence-electron chi connectivity index (χ2n) is 3.27. The van der Waals surface area contributed by atoms with Crippen molar-refractivity contribution in [2.24, 2.45) is 0 Å². The number of hydrogen-bond donors (Lipinski definition) is 1. The first kappa shape index (κ1) is 11.0. The van der Waals surface area contributed by atoms with Crippen LogP contribution in [0.3, 0.4) is 0 Å². The molecule has 0 unspecified atom stereocenters. The van der Waals surface area contributed by atoms with Crippen LogP contribution in [0.15, 0.2) is 0 Å². The van der Waals surface area contributed by atoms with Gasteiger partial charge in [-0.15, -0.1) is 0 Å². The van der Waals surface area contributed by atoms with Crippen LogP contribution in [0, 0.1) is 0 Å². The van der Waals surface area contributed by atoms with Crippen molar-refractivity contribution in [3.8, 4) is 0 Å². The van der Waals surface area contributed by atoms with Crippen LogP contribution in [0.1, 0.15) is 12.8 Å². The lowest BCUT2D eigenvalue weighted by molar-refractivity contribution is -0.139. The molecule has 1 saturated heterocycles. The number of likely N-dealkylation sites (tertiary alicyclic amines) is 1. The number of carbonyl (C=O) groups is 2. The van der Waals surface area contributed by atoms with Crippen LogP contribution in [0.5, 0.6) is 0 Å². The maximum Gasteiger partial charge on any atom is 0.319 e. The fraction of sp³-hybridized carbons (Fsp3) is 0.778. The number of rotatable bonds is 4. The number of nitrogens with one attached hydrogen (secondary N) is 1. The Labute approximate surface area is 83.4 Å². The normalized spacial score (nSPS) is 15.6. The van der Waals surface area contributed by atoms with Gasteiger partial charge in [-0.1, -0.05) is 0 Å². The van der Waals surface area contributed by atoms with Gasteiger partial charge < -0.3 is 9.64 Å². The highest BCUT2D eigenvalue weighted by Crippen LogP contribution is 2.06. The number of esters is 1. The van der Waals surface area contributed by atoms with E-state index in [1.165, 1.54) is 7.11 Å². The maximum atomic E-state index is 11.4. The zero-order valence-corrected chi connectivity index (χ0v) is 8.41. The summed E-state index contributed by atoms with van der Waals surface area (Å²) in [6, 6.07) is 0. The van der Waals surface area contributed by atoms with E-state index in [-0.39, 0.29) is 25.0 Å². The highest BCUT2D eigenvalue weighted by Gasteiger charge is 2.17. The molecule has 0 aromatic carbocycles. The molecule has 1 amide bonds. The summed E-state index contributed by atoms with van der Waals surface area (Å²) in [5.74, 6) is -0.286. The second-order valence-corrected chi connectivity index (χ2v) is 3.27. The number of carbonyl (C=O) groups excluding carboxylic acids is 2. The minimum atomic E-state index is -0.348. The Morgan fingerprint density at radius 1 is 1.29 bits per heavy atom. The average Bonchev–Trinajstić information content (AvgIpc) is 2.70. The first-order valence-corrected chi connectivity index (χ1v) is 4.79. The lowest BCUT2D eigenvalue weighted by atomic mass is 10.4. The molecule has 0 bridgehead atoms. The van der Waals surface area contributed by atoms with Gasteiger partial charge in [0.15, 0.2) is 0 Å². The number of hydrogen-bond acceptors (Lipinski definition) is 4. The highest BCUT2D eigenvalue weighted by atomic mass is 16.5. The molecule has 1 fully saturated rings. The lowest BCUT2D eigenvalue weighted by Crippen LogP contribution is -2.38. The summed E-state index contributed by atoms with van der Waals surface area (Å²) in [5.41, 5.74) is 0. The first-order chi connectivity index (χ1) is 6.74. The molecule has 0 atom stereocenters. The predicted octanol–water partition coefficient (Wildman–Crippen LogP) is -0.629. The van der Waals surface area contributed by atoms with E-state index in [9.17, 15) is 9.59 Å². The van der Waals surface area contributed by atoms with E-state index in [0.29, 0.717) is 0 Å². The molecule has 1 rings (SSSR count). The summed E-state index contributed by atoms with van der Waals surface area (Å²) in [6.45, 7) is 2.00. The van der Waals surface area contributed by atoms with Crippen molar-refractivity contribution in [3.63, 3.8) is 0 Å². The third kappa shape index (κ3) is 3.33. The standard InChI is InChI=1S/C9H16N2O3/c1-14-9(13)7-10-6-8(12)11-4-2-3-5-11/h10H,2-7H2,1H3. The smallest absolute Gasteiger partial charge is 0.319 e. The summed E-state index contributed by atoms with van der Waals surface area (Å²) in [6.07, 6.45) is 2.17. The van der Waals surface area contributed by atoms with Gasteiger partial charge in [0.1, 0.15) is 0 Å². The Kier molecular flexibility index (Phi) is 4.39. The molecule has 14 heavy (non-hydrogen) atoms. The van der Waals surface area contributed by atoms with Crippen molar-refractivity contribution in [1.29, 1.82) is 0 Å².